The quantitative estimate of drug-likeness (QED) is 0.630. The lowest BCUT2D eigenvalue weighted by molar-refractivity contribution is -0.136. The van der Waals surface area contributed by atoms with E-state index in [0.29, 0.717) is 21.6 Å². The second-order valence-corrected chi connectivity index (χ2v) is 3.66. The third kappa shape index (κ3) is 2.65. The summed E-state index contributed by atoms with van der Waals surface area (Å²) in [6.07, 6.45) is -0.180. The number of thiol groups is 1. The van der Waals surface area contributed by atoms with Crippen molar-refractivity contribution in [2.24, 2.45) is 0 Å². The number of rotatable bonds is 3. The van der Waals surface area contributed by atoms with E-state index in [1.165, 1.54) is 0 Å². The van der Waals surface area contributed by atoms with Gasteiger partial charge in [-0.15, -0.1) is 24.2 Å². The van der Waals surface area contributed by atoms with Gasteiger partial charge in [0.05, 0.1) is 18.1 Å². The van der Waals surface area contributed by atoms with Gasteiger partial charge in [0.1, 0.15) is 0 Å². The van der Waals surface area contributed by atoms with E-state index in [4.69, 9.17) is 22.0 Å². The summed E-state index contributed by atoms with van der Waals surface area (Å²) in [6, 6.07) is 5.21. The Balaban J connectivity index is 3.30. The van der Waals surface area contributed by atoms with Crippen LogP contribution in [0.4, 0.5) is 0 Å². The predicted octanol–water partition coefficient (Wildman–Crippen LogP) is 2.21. The summed E-state index contributed by atoms with van der Waals surface area (Å²) in [7, 11) is 0. The van der Waals surface area contributed by atoms with Crippen LogP contribution in [0.25, 0.3) is 0 Å². The summed E-state index contributed by atoms with van der Waals surface area (Å²) in [4.78, 5) is 11.2. The van der Waals surface area contributed by atoms with Gasteiger partial charge in [-0.25, -0.2) is 0 Å². The minimum Gasteiger partial charge on any atom is -0.481 e. The molecule has 15 heavy (non-hydrogen) atoms. The van der Waals surface area contributed by atoms with Crippen molar-refractivity contribution in [1.29, 1.82) is 5.26 Å². The number of nitrogens with zero attached hydrogens (tertiary/aromatic N) is 1. The molecule has 1 aromatic rings. The van der Waals surface area contributed by atoms with E-state index in [-0.39, 0.29) is 12.3 Å². The highest BCUT2D eigenvalue weighted by molar-refractivity contribution is 7.80. The van der Waals surface area contributed by atoms with Gasteiger partial charge in [0.15, 0.2) is 0 Å². The molecule has 0 aromatic heterocycles. The lowest BCUT2D eigenvalue weighted by Crippen LogP contribution is -2.04. The first kappa shape index (κ1) is 11.9. The normalized spacial score (nSPS) is 9.67. The fourth-order valence-electron chi connectivity index (χ4n) is 1.27. The van der Waals surface area contributed by atoms with Crippen molar-refractivity contribution < 1.29 is 9.90 Å². The van der Waals surface area contributed by atoms with Crippen LogP contribution in [-0.2, 0) is 17.1 Å². The lowest BCUT2D eigenvalue weighted by Gasteiger charge is -2.07. The first-order chi connectivity index (χ1) is 7.10. The largest absolute Gasteiger partial charge is 0.481 e. The fraction of sp³-hybridized carbons (Fsp3) is 0.200. The number of nitriles is 1. The molecule has 0 atom stereocenters. The maximum atomic E-state index is 10.6. The molecule has 3 nitrogen and oxygen atoms in total. The van der Waals surface area contributed by atoms with Crippen molar-refractivity contribution in [3.8, 4) is 6.07 Å². The molecule has 0 aliphatic rings. The summed E-state index contributed by atoms with van der Waals surface area (Å²) in [5.74, 6) is -0.825. The second-order valence-electron chi connectivity index (χ2n) is 2.91. The number of benzene rings is 1. The smallest absolute Gasteiger partial charge is 0.307 e. The number of alkyl halides is 1. The first-order valence-electron chi connectivity index (χ1n) is 4.11. The van der Waals surface area contributed by atoms with Gasteiger partial charge >= 0.3 is 5.97 Å². The second kappa shape index (κ2) is 5.06. The molecule has 1 rings (SSSR count). The molecule has 0 saturated heterocycles. The van der Waals surface area contributed by atoms with Crippen molar-refractivity contribution in [1.82, 2.24) is 0 Å². The van der Waals surface area contributed by atoms with E-state index in [1.54, 1.807) is 12.1 Å². The highest BCUT2D eigenvalue weighted by Gasteiger charge is 2.12. The Morgan fingerprint density at radius 3 is 2.73 bits per heavy atom. The number of carboxylic acid groups (broad SMARTS) is 1. The monoisotopic (exact) mass is 241 g/mol. The Hall–Kier alpha value is -1.18. The zero-order valence-electron chi connectivity index (χ0n) is 7.70. The third-order valence-corrected chi connectivity index (χ3v) is 2.65. The predicted molar refractivity (Wildman–Crippen MR) is 59.3 cm³/mol. The molecule has 0 unspecified atom stereocenters. The van der Waals surface area contributed by atoms with Gasteiger partial charge in [-0.2, -0.15) is 5.26 Å². The Kier molecular flexibility index (Phi) is 4.01. The van der Waals surface area contributed by atoms with Crippen molar-refractivity contribution in [3.63, 3.8) is 0 Å². The highest BCUT2D eigenvalue weighted by Crippen LogP contribution is 2.23. The molecule has 0 fully saturated rings. The molecule has 0 saturated carbocycles. The number of carboxylic acids is 1. The SMILES string of the molecule is N#Cc1c(CC(=O)O)ccc(S)c1CCl. The topological polar surface area (TPSA) is 61.1 Å². The number of carbonyl (C=O) groups is 1. The molecule has 1 N–H and O–H groups in total. The molecular weight excluding hydrogens is 234 g/mol. The summed E-state index contributed by atoms with van der Waals surface area (Å²) in [6.45, 7) is 0. The van der Waals surface area contributed by atoms with E-state index in [9.17, 15) is 4.79 Å². The zero-order valence-corrected chi connectivity index (χ0v) is 9.35. The molecule has 5 heteroatoms. The Labute approximate surface area is 97.7 Å². The van der Waals surface area contributed by atoms with Crippen LogP contribution >= 0.6 is 24.2 Å². The van der Waals surface area contributed by atoms with Crippen molar-refractivity contribution in [3.05, 3.63) is 28.8 Å². The van der Waals surface area contributed by atoms with Gasteiger partial charge in [-0.3, -0.25) is 4.79 Å². The number of hydrogen-bond donors (Lipinski definition) is 2. The number of halogens is 1. The maximum absolute atomic E-state index is 10.6. The molecule has 78 valence electrons. The van der Waals surface area contributed by atoms with Gasteiger partial charge in [0.25, 0.3) is 0 Å². The summed E-state index contributed by atoms with van der Waals surface area (Å²) < 4.78 is 0. The Morgan fingerprint density at radius 1 is 1.60 bits per heavy atom. The maximum Gasteiger partial charge on any atom is 0.307 e. The average molecular weight is 242 g/mol. The minimum absolute atomic E-state index is 0.148. The standard InChI is InChI=1S/C10H8ClNO2S/c11-4-7-8(5-12)6(3-10(13)14)1-2-9(7)15/h1-2,15H,3-4H2,(H,13,14). The molecule has 0 radical (unpaired) electrons. The van der Waals surface area contributed by atoms with E-state index < -0.39 is 5.97 Å². The Bertz CT molecular complexity index is 440. The van der Waals surface area contributed by atoms with Crippen molar-refractivity contribution in [2.75, 3.05) is 0 Å². The molecular formula is C10H8ClNO2S. The summed E-state index contributed by atoms with van der Waals surface area (Å²) in [5, 5.41) is 17.6. The van der Waals surface area contributed by atoms with Gasteiger partial charge in [-0.1, -0.05) is 6.07 Å². The van der Waals surface area contributed by atoms with E-state index >= 15 is 0 Å². The molecule has 0 aliphatic heterocycles. The average Bonchev–Trinajstić information content (AvgIpc) is 2.19. The fourth-order valence-corrected chi connectivity index (χ4v) is 1.91. The first-order valence-corrected chi connectivity index (χ1v) is 5.10. The molecule has 0 amide bonds. The highest BCUT2D eigenvalue weighted by atomic mass is 35.5. The van der Waals surface area contributed by atoms with E-state index in [0.717, 1.165) is 0 Å². The molecule has 1 aromatic carbocycles. The van der Waals surface area contributed by atoms with Crippen LogP contribution in [0.1, 0.15) is 16.7 Å². The molecule has 0 aliphatic carbocycles. The number of aliphatic carboxylic acids is 1. The van der Waals surface area contributed by atoms with Gasteiger partial charge < -0.3 is 5.11 Å². The van der Waals surface area contributed by atoms with Crippen molar-refractivity contribution >= 4 is 30.2 Å². The minimum atomic E-state index is -0.973. The molecule has 0 spiro atoms. The van der Waals surface area contributed by atoms with Crippen LogP contribution < -0.4 is 0 Å². The van der Waals surface area contributed by atoms with Crippen LogP contribution in [-0.4, -0.2) is 11.1 Å². The van der Waals surface area contributed by atoms with Crippen LogP contribution in [0.5, 0.6) is 0 Å². The van der Waals surface area contributed by atoms with Gasteiger partial charge in [-0.05, 0) is 17.2 Å². The van der Waals surface area contributed by atoms with Crippen LogP contribution in [0.3, 0.4) is 0 Å². The zero-order chi connectivity index (χ0) is 11.4. The van der Waals surface area contributed by atoms with Gasteiger partial charge in [0, 0.05) is 10.8 Å². The van der Waals surface area contributed by atoms with E-state index in [2.05, 4.69) is 12.6 Å². The summed E-state index contributed by atoms with van der Waals surface area (Å²) >= 11 is 9.83. The van der Waals surface area contributed by atoms with Crippen LogP contribution in [0.15, 0.2) is 17.0 Å². The van der Waals surface area contributed by atoms with Crippen LogP contribution in [0.2, 0.25) is 0 Å². The Morgan fingerprint density at radius 2 is 2.27 bits per heavy atom. The van der Waals surface area contributed by atoms with E-state index in [1.807, 2.05) is 6.07 Å². The van der Waals surface area contributed by atoms with Crippen molar-refractivity contribution in [2.45, 2.75) is 17.2 Å². The third-order valence-electron chi connectivity index (χ3n) is 1.96. The molecule has 0 heterocycles. The number of hydrogen-bond acceptors (Lipinski definition) is 3. The van der Waals surface area contributed by atoms with Gasteiger partial charge in [0.2, 0.25) is 0 Å². The molecule has 0 bridgehead atoms. The van der Waals surface area contributed by atoms with Crippen LogP contribution in [0, 0.1) is 11.3 Å². The lowest BCUT2D eigenvalue weighted by atomic mass is 10.0. The summed E-state index contributed by atoms with van der Waals surface area (Å²) in [5.41, 5.74) is 1.37.